The molecular formula is C21H26ClN3O3S. The van der Waals surface area contributed by atoms with E-state index in [1.165, 1.54) is 11.3 Å². The summed E-state index contributed by atoms with van der Waals surface area (Å²) >= 11 is 1.50. The Morgan fingerprint density at radius 1 is 1.03 bits per heavy atom. The highest BCUT2D eigenvalue weighted by atomic mass is 35.5. The molecule has 6 nitrogen and oxygen atoms in total. The van der Waals surface area contributed by atoms with E-state index in [0.29, 0.717) is 23.0 Å². The van der Waals surface area contributed by atoms with Crippen LogP contribution in [0.25, 0.3) is 10.2 Å². The quantitative estimate of drug-likeness (QED) is 0.527. The van der Waals surface area contributed by atoms with Crippen molar-refractivity contribution >= 4 is 45.0 Å². The molecule has 0 radical (unpaired) electrons. The number of nitrogens with zero attached hydrogens (tertiary/aromatic N) is 3. The molecule has 29 heavy (non-hydrogen) atoms. The fourth-order valence-electron chi connectivity index (χ4n) is 2.91. The lowest BCUT2D eigenvalue weighted by Gasteiger charge is -2.21. The molecular weight excluding hydrogens is 410 g/mol. The molecule has 3 rings (SSSR count). The second kappa shape index (κ2) is 10.4. The third-order valence-electron chi connectivity index (χ3n) is 4.39. The van der Waals surface area contributed by atoms with E-state index in [1.54, 1.807) is 43.4 Å². The number of ether oxygens (including phenoxy) is 2. The van der Waals surface area contributed by atoms with E-state index in [0.717, 1.165) is 28.9 Å². The number of halogens is 1. The number of amides is 1. The van der Waals surface area contributed by atoms with Crippen LogP contribution in [0, 0.1) is 0 Å². The maximum absolute atomic E-state index is 13.3. The summed E-state index contributed by atoms with van der Waals surface area (Å²) in [7, 11) is 7.29. The molecule has 0 aliphatic rings. The lowest BCUT2D eigenvalue weighted by atomic mass is 10.2. The van der Waals surface area contributed by atoms with Crippen LogP contribution in [0.15, 0.2) is 42.5 Å². The summed E-state index contributed by atoms with van der Waals surface area (Å²) < 4.78 is 11.6. The van der Waals surface area contributed by atoms with Gasteiger partial charge in [-0.25, -0.2) is 4.98 Å². The number of thiazole rings is 1. The van der Waals surface area contributed by atoms with E-state index in [-0.39, 0.29) is 18.3 Å². The van der Waals surface area contributed by atoms with Crippen LogP contribution in [0.5, 0.6) is 11.5 Å². The number of methoxy groups -OCH3 is 2. The van der Waals surface area contributed by atoms with E-state index in [9.17, 15) is 4.79 Å². The van der Waals surface area contributed by atoms with Crippen molar-refractivity contribution in [2.75, 3.05) is 46.3 Å². The number of para-hydroxylation sites is 1. The maximum atomic E-state index is 13.3. The van der Waals surface area contributed by atoms with Crippen molar-refractivity contribution < 1.29 is 14.3 Å². The van der Waals surface area contributed by atoms with Gasteiger partial charge in [0.05, 0.1) is 18.9 Å². The summed E-state index contributed by atoms with van der Waals surface area (Å²) in [6, 6.07) is 13.0. The van der Waals surface area contributed by atoms with Crippen LogP contribution in [0.1, 0.15) is 16.8 Å². The minimum Gasteiger partial charge on any atom is -0.497 e. The zero-order valence-electron chi connectivity index (χ0n) is 17.0. The van der Waals surface area contributed by atoms with Gasteiger partial charge in [0.1, 0.15) is 17.0 Å². The molecule has 0 aliphatic heterocycles. The maximum Gasteiger partial charge on any atom is 0.260 e. The molecule has 0 fully saturated rings. The van der Waals surface area contributed by atoms with Gasteiger partial charge in [-0.2, -0.15) is 0 Å². The molecule has 0 aliphatic carbocycles. The highest BCUT2D eigenvalue weighted by Gasteiger charge is 2.22. The first kappa shape index (κ1) is 22.9. The molecule has 1 heterocycles. The van der Waals surface area contributed by atoms with Crippen LogP contribution < -0.4 is 14.4 Å². The zero-order valence-corrected chi connectivity index (χ0v) is 18.7. The normalized spacial score (nSPS) is 10.7. The summed E-state index contributed by atoms with van der Waals surface area (Å²) in [5.41, 5.74) is 1.39. The molecule has 156 valence electrons. The Bertz CT molecular complexity index is 944. The van der Waals surface area contributed by atoms with Crippen molar-refractivity contribution in [2.24, 2.45) is 0 Å². The lowest BCUT2D eigenvalue weighted by molar-refractivity contribution is 0.0986. The van der Waals surface area contributed by atoms with Gasteiger partial charge in [-0.05, 0) is 63.5 Å². The predicted molar refractivity (Wildman–Crippen MR) is 121 cm³/mol. The number of carbonyl (C=O) groups is 1. The Labute approximate surface area is 181 Å². The van der Waals surface area contributed by atoms with Crippen molar-refractivity contribution in [1.29, 1.82) is 0 Å². The van der Waals surface area contributed by atoms with Crippen LogP contribution in [-0.4, -0.2) is 57.2 Å². The van der Waals surface area contributed by atoms with Crippen molar-refractivity contribution in [2.45, 2.75) is 6.42 Å². The predicted octanol–water partition coefficient (Wildman–Crippen LogP) is 4.33. The number of rotatable bonds is 8. The van der Waals surface area contributed by atoms with E-state index in [1.807, 2.05) is 32.3 Å². The second-order valence-electron chi connectivity index (χ2n) is 6.65. The van der Waals surface area contributed by atoms with Gasteiger partial charge in [-0.3, -0.25) is 9.69 Å². The molecule has 0 atom stereocenters. The number of hydrogen-bond acceptors (Lipinski definition) is 6. The Kier molecular flexibility index (Phi) is 8.25. The number of fused-ring (bicyclic) bond motifs is 1. The molecule has 1 amide bonds. The Hall–Kier alpha value is -2.35. The van der Waals surface area contributed by atoms with Crippen molar-refractivity contribution in [3.05, 3.63) is 48.0 Å². The third kappa shape index (κ3) is 5.38. The van der Waals surface area contributed by atoms with Gasteiger partial charge < -0.3 is 14.4 Å². The van der Waals surface area contributed by atoms with E-state index in [2.05, 4.69) is 4.90 Å². The third-order valence-corrected chi connectivity index (χ3v) is 5.43. The van der Waals surface area contributed by atoms with Gasteiger partial charge in [-0.1, -0.05) is 17.4 Å². The largest absolute Gasteiger partial charge is 0.497 e. The highest BCUT2D eigenvalue weighted by molar-refractivity contribution is 7.22. The van der Waals surface area contributed by atoms with Gasteiger partial charge in [0.15, 0.2) is 5.13 Å². The van der Waals surface area contributed by atoms with Gasteiger partial charge in [0, 0.05) is 12.1 Å². The van der Waals surface area contributed by atoms with Crippen molar-refractivity contribution in [3.63, 3.8) is 0 Å². The summed E-state index contributed by atoms with van der Waals surface area (Å²) in [6.07, 6.45) is 0.849. The minimum absolute atomic E-state index is 0. The summed E-state index contributed by atoms with van der Waals surface area (Å²) in [4.78, 5) is 21.8. The molecule has 0 unspecified atom stereocenters. The lowest BCUT2D eigenvalue weighted by Crippen LogP contribution is -2.33. The van der Waals surface area contributed by atoms with Gasteiger partial charge in [0.2, 0.25) is 0 Å². The minimum atomic E-state index is -0.0700. The molecule has 0 bridgehead atoms. The van der Waals surface area contributed by atoms with E-state index < -0.39 is 0 Å². The van der Waals surface area contributed by atoms with Gasteiger partial charge >= 0.3 is 0 Å². The SMILES string of the molecule is COc1ccc(C(=O)N(CCCN(C)C)c2nc3c(OC)cccc3s2)cc1.Cl. The Morgan fingerprint density at radius 3 is 2.38 bits per heavy atom. The molecule has 0 spiro atoms. The first-order valence-corrected chi connectivity index (χ1v) is 9.89. The fraction of sp³-hybridized carbons (Fsp3) is 0.333. The molecule has 8 heteroatoms. The number of benzene rings is 2. The van der Waals surface area contributed by atoms with E-state index in [4.69, 9.17) is 14.5 Å². The first-order valence-electron chi connectivity index (χ1n) is 9.07. The average molecular weight is 436 g/mol. The molecule has 3 aromatic rings. The Balaban J connectivity index is 0.00000300. The van der Waals surface area contributed by atoms with E-state index >= 15 is 0 Å². The summed E-state index contributed by atoms with van der Waals surface area (Å²) in [6.45, 7) is 1.48. The molecule has 2 aromatic carbocycles. The smallest absolute Gasteiger partial charge is 0.260 e. The number of anilines is 1. The van der Waals surface area contributed by atoms with Crippen LogP contribution in [-0.2, 0) is 0 Å². The van der Waals surface area contributed by atoms with Crippen molar-refractivity contribution in [1.82, 2.24) is 9.88 Å². The van der Waals surface area contributed by atoms with Gasteiger partial charge in [-0.15, -0.1) is 12.4 Å². The molecule has 0 saturated carbocycles. The van der Waals surface area contributed by atoms with Crippen LogP contribution >= 0.6 is 23.7 Å². The van der Waals surface area contributed by atoms with Crippen molar-refractivity contribution in [3.8, 4) is 11.5 Å². The number of hydrogen-bond donors (Lipinski definition) is 0. The zero-order chi connectivity index (χ0) is 20.1. The number of carbonyl (C=O) groups excluding carboxylic acids is 1. The fourth-order valence-corrected chi connectivity index (χ4v) is 3.92. The summed E-state index contributed by atoms with van der Waals surface area (Å²) in [5, 5.41) is 0.680. The van der Waals surface area contributed by atoms with Crippen LogP contribution in [0.2, 0.25) is 0 Å². The van der Waals surface area contributed by atoms with Crippen LogP contribution in [0.3, 0.4) is 0 Å². The Morgan fingerprint density at radius 2 is 1.76 bits per heavy atom. The topological polar surface area (TPSA) is 54.9 Å². The standard InChI is InChI=1S/C21H25N3O3S.ClH/c1-23(2)13-6-14-24(20(25)15-9-11-16(26-3)12-10-15)21-22-19-17(27-4)7-5-8-18(19)28-21;/h5,7-12H,6,13-14H2,1-4H3;1H. The van der Waals surface area contributed by atoms with Crippen LogP contribution in [0.4, 0.5) is 5.13 Å². The summed E-state index contributed by atoms with van der Waals surface area (Å²) in [5.74, 6) is 1.37. The first-order chi connectivity index (χ1) is 13.5. The monoisotopic (exact) mass is 435 g/mol. The molecule has 0 N–H and O–H groups in total. The second-order valence-corrected chi connectivity index (χ2v) is 7.65. The number of aromatic nitrogens is 1. The average Bonchev–Trinajstić information content (AvgIpc) is 3.14. The van der Waals surface area contributed by atoms with Gasteiger partial charge in [0.25, 0.3) is 5.91 Å². The molecule has 0 saturated heterocycles. The highest BCUT2D eigenvalue weighted by Crippen LogP contribution is 2.34. The molecule has 1 aromatic heterocycles.